The molecule has 5 nitrogen and oxygen atoms in total. The van der Waals surface area contributed by atoms with Gasteiger partial charge in [0.2, 0.25) is 5.91 Å². The van der Waals surface area contributed by atoms with E-state index >= 15 is 0 Å². The third-order valence-electron chi connectivity index (χ3n) is 6.71. The summed E-state index contributed by atoms with van der Waals surface area (Å²) in [5, 5.41) is 8.50. The van der Waals surface area contributed by atoms with Crippen LogP contribution in [0.1, 0.15) is 51.0 Å². The molecule has 0 radical (unpaired) electrons. The van der Waals surface area contributed by atoms with Crippen LogP contribution in [-0.4, -0.2) is 38.9 Å². The van der Waals surface area contributed by atoms with Crippen molar-refractivity contribution in [1.82, 2.24) is 19.9 Å². The van der Waals surface area contributed by atoms with Crippen molar-refractivity contribution in [2.24, 2.45) is 23.2 Å². The van der Waals surface area contributed by atoms with E-state index in [-0.39, 0.29) is 11.5 Å². The third kappa shape index (κ3) is 1.87. The maximum absolute atomic E-state index is 13.3. The first-order valence-corrected chi connectivity index (χ1v) is 8.87. The van der Waals surface area contributed by atoms with Gasteiger partial charge in [0.1, 0.15) is 0 Å². The van der Waals surface area contributed by atoms with Gasteiger partial charge >= 0.3 is 0 Å². The van der Waals surface area contributed by atoms with Gasteiger partial charge in [0, 0.05) is 13.1 Å². The van der Waals surface area contributed by atoms with Crippen molar-refractivity contribution in [2.45, 2.75) is 51.0 Å². The minimum Gasteiger partial charge on any atom is -0.340 e. The van der Waals surface area contributed by atoms with E-state index in [1.165, 1.54) is 38.5 Å². The topological polar surface area (TPSA) is 51.0 Å². The molecule has 1 amide bonds. The Kier molecular flexibility index (Phi) is 2.71. The summed E-state index contributed by atoms with van der Waals surface area (Å²) in [6.07, 6.45) is 12.1. The van der Waals surface area contributed by atoms with Crippen LogP contribution < -0.4 is 0 Å². The van der Waals surface area contributed by atoms with Crippen molar-refractivity contribution in [1.29, 1.82) is 0 Å². The molecule has 1 aromatic heterocycles. The first-order valence-electron chi connectivity index (χ1n) is 8.87. The molecule has 5 fully saturated rings. The second-order valence-electron chi connectivity index (χ2n) is 8.24. The van der Waals surface area contributed by atoms with Crippen LogP contribution in [0.3, 0.4) is 0 Å². The van der Waals surface area contributed by atoms with Crippen LogP contribution in [0.2, 0.25) is 0 Å². The van der Waals surface area contributed by atoms with Crippen LogP contribution in [0, 0.1) is 23.2 Å². The van der Waals surface area contributed by atoms with Gasteiger partial charge in [-0.3, -0.25) is 4.79 Å². The molecule has 1 aromatic rings. The molecule has 0 N–H and O–H groups in total. The van der Waals surface area contributed by atoms with E-state index in [4.69, 9.17) is 0 Å². The Balaban J connectivity index is 1.35. The predicted octanol–water partition coefficient (Wildman–Crippen LogP) is 2.27. The van der Waals surface area contributed by atoms with Crippen LogP contribution in [0.25, 0.3) is 0 Å². The van der Waals surface area contributed by atoms with E-state index in [0.29, 0.717) is 5.91 Å². The Hall–Kier alpha value is -1.39. The quantitative estimate of drug-likeness (QED) is 0.842. The summed E-state index contributed by atoms with van der Waals surface area (Å²) in [4.78, 5) is 17.2. The molecule has 2 heterocycles. The molecule has 4 aliphatic carbocycles. The second kappa shape index (κ2) is 4.56. The first kappa shape index (κ1) is 13.1. The van der Waals surface area contributed by atoms with Gasteiger partial charge in [0.05, 0.1) is 23.9 Å². The zero-order valence-corrected chi connectivity index (χ0v) is 13.0. The predicted molar refractivity (Wildman–Crippen MR) is 80.9 cm³/mol. The Morgan fingerprint density at radius 1 is 1.00 bits per heavy atom. The monoisotopic (exact) mass is 300 g/mol. The maximum Gasteiger partial charge on any atom is 0.228 e. The lowest BCUT2D eigenvalue weighted by Gasteiger charge is -2.56. The van der Waals surface area contributed by atoms with Gasteiger partial charge in [0.15, 0.2) is 0 Å². The molecule has 22 heavy (non-hydrogen) atoms. The van der Waals surface area contributed by atoms with E-state index in [0.717, 1.165) is 37.3 Å². The first-order chi connectivity index (χ1) is 10.7. The van der Waals surface area contributed by atoms with Gasteiger partial charge in [-0.25, -0.2) is 0 Å². The van der Waals surface area contributed by atoms with Gasteiger partial charge in [-0.05, 0) is 62.7 Å². The van der Waals surface area contributed by atoms with Crippen molar-refractivity contribution >= 4 is 5.91 Å². The van der Waals surface area contributed by atoms with Crippen LogP contribution in [0.4, 0.5) is 0 Å². The van der Waals surface area contributed by atoms with Gasteiger partial charge in [-0.15, -0.1) is 0 Å². The number of carbonyl (C=O) groups is 1. The summed E-state index contributed by atoms with van der Waals surface area (Å²) < 4.78 is 0. The number of hydrogen-bond acceptors (Lipinski definition) is 3. The lowest BCUT2D eigenvalue weighted by Crippen LogP contribution is -2.54. The number of amides is 1. The van der Waals surface area contributed by atoms with Crippen molar-refractivity contribution in [3.63, 3.8) is 0 Å². The van der Waals surface area contributed by atoms with Gasteiger partial charge < -0.3 is 4.90 Å². The number of nitrogens with zero attached hydrogens (tertiary/aromatic N) is 4. The van der Waals surface area contributed by atoms with Crippen LogP contribution in [-0.2, 0) is 4.79 Å². The molecule has 0 aromatic carbocycles. The number of likely N-dealkylation sites (tertiary alicyclic amines) is 1. The largest absolute Gasteiger partial charge is 0.340 e. The Bertz CT molecular complexity index is 546. The molecule has 1 atom stereocenters. The zero-order chi connectivity index (χ0) is 14.7. The molecule has 5 aliphatic rings. The van der Waals surface area contributed by atoms with E-state index in [1.54, 1.807) is 17.2 Å². The number of carbonyl (C=O) groups excluding carboxylic acids is 1. The minimum absolute atomic E-state index is 0.00118. The van der Waals surface area contributed by atoms with E-state index in [2.05, 4.69) is 15.1 Å². The average Bonchev–Trinajstić information content (AvgIpc) is 3.16. The summed E-state index contributed by atoms with van der Waals surface area (Å²) in [7, 11) is 0. The van der Waals surface area contributed by atoms with E-state index in [9.17, 15) is 4.79 Å². The van der Waals surface area contributed by atoms with Crippen LogP contribution in [0.15, 0.2) is 12.4 Å². The summed E-state index contributed by atoms with van der Waals surface area (Å²) in [6, 6.07) is 0.271. The molecule has 1 aliphatic heterocycles. The lowest BCUT2D eigenvalue weighted by atomic mass is 9.49. The number of aromatic nitrogens is 3. The molecular weight excluding hydrogens is 276 g/mol. The fourth-order valence-electron chi connectivity index (χ4n) is 6.24. The van der Waals surface area contributed by atoms with Gasteiger partial charge in [0.25, 0.3) is 0 Å². The molecule has 4 bridgehead atoms. The fourth-order valence-corrected chi connectivity index (χ4v) is 6.24. The summed E-state index contributed by atoms with van der Waals surface area (Å²) in [5.41, 5.74) is 0.00118. The van der Waals surface area contributed by atoms with Crippen LogP contribution >= 0.6 is 0 Å². The molecule has 4 saturated carbocycles. The molecule has 5 heteroatoms. The molecule has 1 saturated heterocycles. The highest BCUT2D eigenvalue weighted by Crippen LogP contribution is 2.60. The zero-order valence-electron chi connectivity index (χ0n) is 13.0. The summed E-state index contributed by atoms with van der Waals surface area (Å²) in [6.45, 7) is 1.68. The fraction of sp³-hybridized carbons (Fsp3) is 0.824. The standard InChI is InChI=1S/C17H24N4O/c22-16(20-4-1-15(11-20)21-18-2-3-19-21)17-8-12-5-13(9-17)7-14(6-12)10-17/h2-3,12-15H,1,4-11H2/t12?,13?,14?,15-,17?/m1/s1. The molecular formula is C17H24N4O. The number of rotatable bonds is 2. The average molecular weight is 300 g/mol. The summed E-state index contributed by atoms with van der Waals surface area (Å²) in [5.74, 6) is 2.96. The summed E-state index contributed by atoms with van der Waals surface area (Å²) >= 11 is 0. The third-order valence-corrected chi connectivity index (χ3v) is 6.71. The normalized spacial score (nSPS) is 43.0. The van der Waals surface area contributed by atoms with E-state index in [1.807, 2.05) is 0 Å². The Labute approximate surface area is 131 Å². The Morgan fingerprint density at radius 3 is 2.18 bits per heavy atom. The second-order valence-corrected chi connectivity index (χ2v) is 8.24. The van der Waals surface area contributed by atoms with Crippen LogP contribution in [0.5, 0.6) is 0 Å². The van der Waals surface area contributed by atoms with Crippen molar-refractivity contribution < 1.29 is 4.79 Å². The minimum atomic E-state index is 0.00118. The Morgan fingerprint density at radius 2 is 1.59 bits per heavy atom. The van der Waals surface area contributed by atoms with Gasteiger partial charge in [-0.2, -0.15) is 15.0 Å². The van der Waals surface area contributed by atoms with Gasteiger partial charge in [-0.1, -0.05) is 0 Å². The van der Waals surface area contributed by atoms with Crippen molar-refractivity contribution in [3.8, 4) is 0 Å². The molecule has 0 spiro atoms. The van der Waals surface area contributed by atoms with E-state index < -0.39 is 0 Å². The lowest BCUT2D eigenvalue weighted by molar-refractivity contribution is -0.156. The highest BCUT2D eigenvalue weighted by Gasteiger charge is 2.56. The smallest absolute Gasteiger partial charge is 0.228 e. The highest BCUT2D eigenvalue weighted by molar-refractivity contribution is 5.83. The van der Waals surface area contributed by atoms with Crippen molar-refractivity contribution in [2.75, 3.05) is 13.1 Å². The SMILES string of the molecule is O=C(N1CC[C@@H](n2nccn2)C1)C12CC3CC(CC(C3)C1)C2. The highest BCUT2D eigenvalue weighted by atomic mass is 16.2. The van der Waals surface area contributed by atoms with Crippen molar-refractivity contribution in [3.05, 3.63) is 12.4 Å². The molecule has 0 unspecified atom stereocenters. The maximum atomic E-state index is 13.3. The molecule has 118 valence electrons. The molecule has 6 rings (SSSR count). The number of hydrogen-bond donors (Lipinski definition) is 0.